The molecule has 6 nitrogen and oxygen atoms in total. The van der Waals surface area contributed by atoms with Gasteiger partial charge in [0.25, 0.3) is 0 Å². The molecular weight excluding hydrogens is 394 g/mol. The third-order valence-corrected chi connectivity index (χ3v) is 5.65. The molecule has 3 aromatic heterocycles. The Bertz CT molecular complexity index is 1110. The highest BCUT2D eigenvalue weighted by atomic mass is 35.5. The summed E-state index contributed by atoms with van der Waals surface area (Å²) in [6.45, 7) is 0. The first-order chi connectivity index (χ1) is 13.8. The van der Waals surface area contributed by atoms with Gasteiger partial charge in [0.2, 0.25) is 5.89 Å². The molecule has 4 aromatic rings. The quantitative estimate of drug-likeness (QED) is 0.404. The van der Waals surface area contributed by atoms with Gasteiger partial charge in [0.05, 0.1) is 11.9 Å². The maximum Gasteiger partial charge on any atom is 0.205 e. The molecule has 28 heavy (non-hydrogen) atoms. The summed E-state index contributed by atoms with van der Waals surface area (Å²) in [7, 11) is 0. The third kappa shape index (κ3) is 3.55. The Labute approximate surface area is 171 Å². The molecule has 8 heteroatoms. The molecule has 0 unspecified atom stereocenters. The molecule has 0 N–H and O–H groups in total. The Morgan fingerprint density at radius 1 is 1.11 bits per heavy atom. The fourth-order valence-electron chi connectivity index (χ4n) is 3.01. The van der Waals surface area contributed by atoms with Crippen molar-refractivity contribution in [1.82, 2.24) is 24.7 Å². The number of aromatic nitrogens is 5. The molecule has 1 aromatic carbocycles. The molecule has 1 aliphatic rings. The number of pyridine rings is 1. The summed E-state index contributed by atoms with van der Waals surface area (Å²) in [4.78, 5) is 8.59. The number of benzene rings is 1. The monoisotopic (exact) mass is 409 g/mol. The van der Waals surface area contributed by atoms with E-state index in [-0.39, 0.29) is 0 Å². The molecule has 0 radical (unpaired) electrons. The van der Waals surface area contributed by atoms with Crippen LogP contribution in [0.5, 0.6) is 0 Å². The van der Waals surface area contributed by atoms with Crippen LogP contribution in [0.4, 0.5) is 0 Å². The number of oxazole rings is 1. The highest BCUT2D eigenvalue weighted by Gasteiger charge is 2.30. The Morgan fingerprint density at radius 2 is 2.00 bits per heavy atom. The van der Waals surface area contributed by atoms with Crippen LogP contribution >= 0.6 is 23.4 Å². The molecule has 140 valence electrons. The highest BCUT2D eigenvalue weighted by molar-refractivity contribution is 7.98. The fraction of sp³-hybridized carbons (Fsp3) is 0.200. The van der Waals surface area contributed by atoms with Gasteiger partial charge in [-0.15, -0.1) is 10.2 Å². The van der Waals surface area contributed by atoms with Crippen LogP contribution in [0, 0.1) is 0 Å². The lowest BCUT2D eigenvalue weighted by Crippen LogP contribution is -2.00. The zero-order chi connectivity index (χ0) is 18.9. The third-order valence-electron chi connectivity index (χ3n) is 4.48. The minimum atomic E-state index is 0.458. The predicted molar refractivity (Wildman–Crippen MR) is 108 cm³/mol. The van der Waals surface area contributed by atoms with E-state index in [1.165, 1.54) is 0 Å². The Balaban J connectivity index is 1.36. The summed E-state index contributed by atoms with van der Waals surface area (Å²) in [6, 6.07) is 11.9. The van der Waals surface area contributed by atoms with Crippen molar-refractivity contribution in [1.29, 1.82) is 0 Å². The predicted octanol–water partition coefficient (Wildman–Crippen LogP) is 5.28. The van der Waals surface area contributed by atoms with Gasteiger partial charge in [-0.25, -0.2) is 4.98 Å². The van der Waals surface area contributed by atoms with Crippen LogP contribution < -0.4 is 0 Å². The minimum Gasteiger partial charge on any atom is -0.440 e. The van der Waals surface area contributed by atoms with Gasteiger partial charge in [-0.05, 0) is 37.1 Å². The zero-order valence-electron chi connectivity index (χ0n) is 14.8. The van der Waals surface area contributed by atoms with Crippen LogP contribution in [0.2, 0.25) is 5.02 Å². The second kappa shape index (κ2) is 7.41. The van der Waals surface area contributed by atoms with Crippen molar-refractivity contribution in [2.45, 2.75) is 29.8 Å². The van der Waals surface area contributed by atoms with Gasteiger partial charge in [-0.1, -0.05) is 35.5 Å². The molecule has 1 aliphatic carbocycles. The average molecular weight is 410 g/mol. The maximum atomic E-state index is 6.06. The molecule has 3 heterocycles. The van der Waals surface area contributed by atoms with E-state index < -0.39 is 0 Å². The number of nitrogens with zero attached hydrogens (tertiary/aromatic N) is 5. The van der Waals surface area contributed by atoms with E-state index >= 15 is 0 Å². The largest absolute Gasteiger partial charge is 0.440 e. The van der Waals surface area contributed by atoms with Crippen molar-refractivity contribution in [2.24, 2.45) is 0 Å². The van der Waals surface area contributed by atoms with Crippen molar-refractivity contribution in [2.75, 3.05) is 0 Å². The van der Waals surface area contributed by atoms with Gasteiger partial charge < -0.3 is 4.42 Å². The van der Waals surface area contributed by atoms with Crippen LogP contribution in [-0.2, 0) is 5.75 Å². The minimum absolute atomic E-state index is 0.458. The Hall–Kier alpha value is -2.64. The number of halogens is 1. The van der Waals surface area contributed by atoms with E-state index in [0.29, 0.717) is 28.5 Å². The molecule has 0 aliphatic heterocycles. The SMILES string of the molecule is Clc1cccc(-c2cnc(CSc3nnc(-c4cccnc4)n3C3CC3)o2)c1. The van der Waals surface area contributed by atoms with Crippen molar-refractivity contribution >= 4 is 23.4 Å². The lowest BCUT2D eigenvalue weighted by Gasteiger charge is -2.07. The lowest BCUT2D eigenvalue weighted by molar-refractivity contribution is 0.529. The summed E-state index contributed by atoms with van der Waals surface area (Å²) >= 11 is 7.64. The second-order valence-corrected chi connectivity index (χ2v) is 7.95. The van der Waals surface area contributed by atoms with E-state index in [9.17, 15) is 0 Å². The number of hydrogen-bond donors (Lipinski definition) is 0. The van der Waals surface area contributed by atoms with E-state index in [4.69, 9.17) is 16.0 Å². The molecular formula is C20H16ClN5OS. The summed E-state index contributed by atoms with van der Waals surface area (Å²) in [5, 5.41) is 10.4. The van der Waals surface area contributed by atoms with Crippen LogP contribution in [0.3, 0.4) is 0 Å². The van der Waals surface area contributed by atoms with Crippen LogP contribution in [0.1, 0.15) is 24.8 Å². The van der Waals surface area contributed by atoms with Crippen molar-refractivity contribution in [3.8, 4) is 22.7 Å². The van der Waals surface area contributed by atoms with Gasteiger partial charge in [0.15, 0.2) is 16.7 Å². The maximum absolute atomic E-state index is 6.06. The van der Waals surface area contributed by atoms with Crippen molar-refractivity contribution in [3.63, 3.8) is 0 Å². The second-order valence-electron chi connectivity index (χ2n) is 6.57. The summed E-state index contributed by atoms with van der Waals surface area (Å²) in [5.74, 6) is 2.80. The Morgan fingerprint density at radius 3 is 2.79 bits per heavy atom. The summed E-state index contributed by atoms with van der Waals surface area (Å²) in [6.07, 6.45) is 7.61. The Kier molecular flexibility index (Phi) is 4.62. The smallest absolute Gasteiger partial charge is 0.205 e. The molecule has 0 bridgehead atoms. The van der Waals surface area contributed by atoms with Gasteiger partial charge in [-0.2, -0.15) is 0 Å². The van der Waals surface area contributed by atoms with Gasteiger partial charge in [0, 0.05) is 34.6 Å². The highest BCUT2D eigenvalue weighted by Crippen LogP contribution is 2.41. The lowest BCUT2D eigenvalue weighted by atomic mass is 10.2. The van der Waals surface area contributed by atoms with E-state index in [1.54, 1.807) is 24.2 Å². The van der Waals surface area contributed by atoms with E-state index in [0.717, 1.165) is 34.9 Å². The topological polar surface area (TPSA) is 69.6 Å². The first-order valence-electron chi connectivity index (χ1n) is 8.96. The number of rotatable bonds is 6. The molecule has 0 atom stereocenters. The van der Waals surface area contributed by atoms with Crippen LogP contribution in [-0.4, -0.2) is 24.7 Å². The molecule has 0 amide bonds. The van der Waals surface area contributed by atoms with Gasteiger partial charge in [0.1, 0.15) is 0 Å². The fourth-order valence-corrected chi connectivity index (χ4v) is 4.06. The van der Waals surface area contributed by atoms with Crippen molar-refractivity contribution < 1.29 is 4.42 Å². The average Bonchev–Trinajstić information content (AvgIpc) is 3.29. The first-order valence-corrected chi connectivity index (χ1v) is 10.3. The van der Waals surface area contributed by atoms with E-state index in [1.807, 2.05) is 42.6 Å². The molecule has 1 fully saturated rings. The van der Waals surface area contributed by atoms with Crippen molar-refractivity contribution in [3.05, 3.63) is 65.9 Å². The normalized spacial score (nSPS) is 13.8. The zero-order valence-corrected chi connectivity index (χ0v) is 16.4. The first kappa shape index (κ1) is 17.5. The molecule has 0 saturated heterocycles. The molecule has 5 rings (SSSR count). The standard InChI is InChI=1S/C20H16ClN5OS/c21-15-5-1-3-13(9-15)17-11-23-18(27-17)12-28-20-25-24-19(26(20)16-6-7-16)14-4-2-8-22-10-14/h1-5,8-11,16H,6-7,12H2. The van der Waals surface area contributed by atoms with Gasteiger partial charge in [-0.3, -0.25) is 9.55 Å². The number of thioether (sulfide) groups is 1. The molecule has 0 spiro atoms. The summed E-state index contributed by atoms with van der Waals surface area (Å²) < 4.78 is 8.11. The molecule has 1 saturated carbocycles. The van der Waals surface area contributed by atoms with Gasteiger partial charge >= 0.3 is 0 Å². The summed E-state index contributed by atoms with van der Waals surface area (Å²) in [5.41, 5.74) is 1.89. The van der Waals surface area contributed by atoms with Crippen LogP contribution in [0.25, 0.3) is 22.7 Å². The van der Waals surface area contributed by atoms with Crippen LogP contribution in [0.15, 0.2) is 64.6 Å². The number of hydrogen-bond acceptors (Lipinski definition) is 6. The van der Waals surface area contributed by atoms with E-state index in [2.05, 4.69) is 24.7 Å².